The van der Waals surface area contributed by atoms with Crippen molar-refractivity contribution in [3.05, 3.63) is 46.1 Å². The summed E-state index contributed by atoms with van der Waals surface area (Å²) < 4.78 is 87.4. The number of thiazole rings is 1. The van der Waals surface area contributed by atoms with Gasteiger partial charge in [-0.05, 0) is 20.8 Å². The third-order valence-electron chi connectivity index (χ3n) is 3.94. The molecule has 2 heterocycles. The minimum absolute atomic E-state index is 0.00481. The van der Waals surface area contributed by atoms with Crippen molar-refractivity contribution in [2.75, 3.05) is 0 Å². The lowest BCUT2D eigenvalue weighted by Gasteiger charge is -2.26. The van der Waals surface area contributed by atoms with Gasteiger partial charge in [-0.3, -0.25) is 0 Å². The first-order valence-electron chi connectivity index (χ1n) is 8.09. The van der Waals surface area contributed by atoms with E-state index < -0.39 is 40.7 Å². The van der Waals surface area contributed by atoms with E-state index in [-0.39, 0.29) is 21.5 Å². The second-order valence-corrected chi connectivity index (χ2v) is 7.83. The van der Waals surface area contributed by atoms with E-state index in [1.165, 1.54) is 32.4 Å². The number of ether oxygens (including phenoxy) is 1. The standard InChI is InChI=1S/C17H14F6N4OS/c1-7-24-13(17(21,22)23)12(29-7)14-25-26-15(27(14)4)16(2,3)28-11-9(19)5-8(18)6-10(11)20/h5-6H,1-4H3. The van der Waals surface area contributed by atoms with Crippen LogP contribution in [0.1, 0.15) is 30.4 Å². The molecule has 0 saturated carbocycles. The molecular weight excluding hydrogens is 422 g/mol. The first-order valence-corrected chi connectivity index (χ1v) is 8.91. The molecule has 2 aromatic heterocycles. The highest BCUT2D eigenvalue weighted by atomic mass is 32.1. The van der Waals surface area contributed by atoms with E-state index in [4.69, 9.17) is 4.74 Å². The zero-order valence-corrected chi connectivity index (χ0v) is 16.3. The number of aromatic nitrogens is 4. The normalized spacial score (nSPS) is 12.5. The molecule has 5 nitrogen and oxygen atoms in total. The lowest BCUT2D eigenvalue weighted by atomic mass is 10.1. The monoisotopic (exact) mass is 436 g/mol. The summed E-state index contributed by atoms with van der Waals surface area (Å²) in [4.78, 5) is 3.27. The van der Waals surface area contributed by atoms with Gasteiger partial charge in [0.2, 0.25) is 0 Å². The Kier molecular flexibility index (Phi) is 5.10. The van der Waals surface area contributed by atoms with Crippen LogP contribution in [-0.2, 0) is 18.8 Å². The maximum absolute atomic E-state index is 13.9. The van der Waals surface area contributed by atoms with Gasteiger partial charge in [-0.2, -0.15) is 13.2 Å². The second kappa shape index (κ2) is 7.01. The van der Waals surface area contributed by atoms with Gasteiger partial charge in [0, 0.05) is 19.2 Å². The Morgan fingerprint density at radius 1 is 1.03 bits per heavy atom. The molecule has 0 fully saturated rings. The summed E-state index contributed by atoms with van der Waals surface area (Å²) in [5, 5.41) is 7.83. The van der Waals surface area contributed by atoms with Crippen molar-refractivity contribution in [1.29, 1.82) is 0 Å². The zero-order chi connectivity index (χ0) is 21.7. The minimum atomic E-state index is -4.70. The van der Waals surface area contributed by atoms with Crippen LogP contribution < -0.4 is 4.74 Å². The van der Waals surface area contributed by atoms with Crippen LogP contribution in [0.25, 0.3) is 10.7 Å². The molecular formula is C17H14F6N4OS. The van der Waals surface area contributed by atoms with Crippen LogP contribution >= 0.6 is 11.3 Å². The number of hydrogen-bond donors (Lipinski definition) is 0. The molecule has 0 atom stereocenters. The summed E-state index contributed by atoms with van der Waals surface area (Å²) in [5.41, 5.74) is -2.62. The SMILES string of the molecule is Cc1nc(C(F)(F)F)c(-c2nnc(C(C)(C)Oc3c(F)cc(F)cc3F)n2C)s1. The van der Waals surface area contributed by atoms with Gasteiger partial charge < -0.3 is 9.30 Å². The van der Waals surface area contributed by atoms with Crippen LogP contribution in [0.5, 0.6) is 5.75 Å². The van der Waals surface area contributed by atoms with Crippen molar-refractivity contribution in [3.8, 4) is 16.5 Å². The maximum Gasteiger partial charge on any atom is 0.434 e. The molecule has 0 N–H and O–H groups in total. The van der Waals surface area contributed by atoms with Gasteiger partial charge in [0.05, 0.1) is 5.01 Å². The molecule has 0 amide bonds. The van der Waals surface area contributed by atoms with Crippen LogP contribution in [-0.4, -0.2) is 19.7 Å². The lowest BCUT2D eigenvalue weighted by molar-refractivity contribution is -0.140. The predicted octanol–water partition coefficient (Wildman–Crippen LogP) is 5.00. The molecule has 3 aromatic rings. The van der Waals surface area contributed by atoms with Gasteiger partial charge in [0.25, 0.3) is 0 Å². The van der Waals surface area contributed by atoms with Crippen LogP contribution in [0.3, 0.4) is 0 Å². The van der Waals surface area contributed by atoms with E-state index in [0.717, 1.165) is 11.3 Å². The largest absolute Gasteiger partial charge is 0.474 e. The van der Waals surface area contributed by atoms with E-state index in [9.17, 15) is 26.3 Å². The minimum Gasteiger partial charge on any atom is -0.474 e. The summed E-state index contributed by atoms with van der Waals surface area (Å²) in [7, 11) is 1.39. The fourth-order valence-corrected chi connectivity index (χ4v) is 3.71. The molecule has 0 unspecified atom stereocenters. The Bertz CT molecular complexity index is 1050. The van der Waals surface area contributed by atoms with Crippen molar-refractivity contribution in [2.24, 2.45) is 7.05 Å². The second-order valence-electron chi connectivity index (χ2n) is 6.63. The van der Waals surface area contributed by atoms with Crippen molar-refractivity contribution in [3.63, 3.8) is 0 Å². The van der Waals surface area contributed by atoms with Gasteiger partial charge in [-0.15, -0.1) is 21.5 Å². The quantitative estimate of drug-likeness (QED) is 0.541. The fourth-order valence-electron chi connectivity index (χ4n) is 2.75. The molecule has 1 aromatic carbocycles. The Morgan fingerprint density at radius 3 is 2.17 bits per heavy atom. The molecule has 0 aliphatic heterocycles. The predicted molar refractivity (Wildman–Crippen MR) is 91.8 cm³/mol. The van der Waals surface area contributed by atoms with Gasteiger partial charge in [0.15, 0.2) is 40.3 Å². The Balaban J connectivity index is 2.04. The maximum atomic E-state index is 13.9. The van der Waals surface area contributed by atoms with Gasteiger partial charge >= 0.3 is 6.18 Å². The average Bonchev–Trinajstić information content (AvgIpc) is 3.13. The van der Waals surface area contributed by atoms with Crippen LogP contribution in [0.15, 0.2) is 12.1 Å². The summed E-state index contributed by atoms with van der Waals surface area (Å²) >= 11 is 0.786. The molecule has 0 aliphatic carbocycles. The van der Waals surface area contributed by atoms with E-state index in [0.29, 0.717) is 12.1 Å². The van der Waals surface area contributed by atoms with Gasteiger partial charge in [0.1, 0.15) is 10.7 Å². The molecule has 29 heavy (non-hydrogen) atoms. The van der Waals surface area contributed by atoms with E-state index >= 15 is 0 Å². The highest BCUT2D eigenvalue weighted by Crippen LogP contribution is 2.40. The number of hydrogen-bond acceptors (Lipinski definition) is 5. The molecule has 0 spiro atoms. The van der Waals surface area contributed by atoms with E-state index in [2.05, 4.69) is 15.2 Å². The first kappa shape index (κ1) is 21.1. The fraction of sp³-hybridized carbons (Fsp3) is 0.353. The van der Waals surface area contributed by atoms with Gasteiger partial charge in [-0.25, -0.2) is 18.2 Å². The molecule has 0 aliphatic rings. The van der Waals surface area contributed by atoms with Crippen molar-refractivity contribution >= 4 is 11.3 Å². The third-order valence-corrected chi connectivity index (χ3v) is 4.91. The topological polar surface area (TPSA) is 52.8 Å². The van der Waals surface area contributed by atoms with Crippen molar-refractivity contribution in [2.45, 2.75) is 32.5 Å². The highest BCUT2D eigenvalue weighted by molar-refractivity contribution is 7.15. The van der Waals surface area contributed by atoms with Crippen molar-refractivity contribution < 1.29 is 31.1 Å². The Morgan fingerprint density at radius 2 is 1.62 bits per heavy atom. The molecule has 12 heteroatoms. The third kappa shape index (κ3) is 3.93. The van der Waals surface area contributed by atoms with Crippen molar-refractivity contribution in [1.82, 2.24) is 19.7 Å². The lowest BCUT2D eigenvalue weighted by Crippen LogP contribution is -2.30. The number of halogens is 6. The molecule has 0 radical (unpaired) electrons. The average molecular weight is 436 g/mol. The summed E-state index contributed by atoms with van der Waals surface area (Å²) in [6, 6.07) is 0.901. The van der Waals surface area contributed by atoms with Crippen LogP contribution in [0, 0.1) is 24.4 Å². The van der Waals surface area contributed by atoms with Crippen LogP contribution in [0.2, 0.25) is 0 Å². The van der Waals surface area contributed by atoms with Gasteiger partial charge in [-0.1, -0.05) is 0 Å². The summed E-state index contributed by atoms with van der Waals surface area (Å²) in [5.74, 6) is -4.63. The smallest absolute Gasteiger partial charge is 0.434 e. The highest BCUT2D eigenvalue weighted by Gasteiger charge is 2.40. The molecule has 0 bridgehead atoms. The number of nitrogens with zero attached hydrogens (tertiary/aromatic N) is 4. The number of rotatable bonds is 4. The molecule has 0 saturated heterocycles. The molecule has 3 rings (SSSR count). The summed E-state index contributed by atoms with van der Waals surface area (Å²) in [6.45, 7) is 4.21. The van der Waals surface area contributed by atoms with E-state index in [1.807, 2.05) is 0 Å². The number of aryl methyl sites for hydroxylation is 1. The van der Waals surface area contributed by atoms with E-state index in [1.54, 1.807) is 0 Å². The first-order chi connectivity index (χ1) is 13.3. The Labute approximate surface area is 165 Å². The number of benzene rings is 1. The zero-order valence-electron chi connectivity index (χ0n) is 15.5. The summed E-state index contributed by atoms with van der Waals surface area (Å²) in [6.07, 6.45) is -4.70. The number of alkyl halides is 3. The van der Waals surface area contributed by atoms with Crippen LogP contribution in [0.4, 0.5) is 26.3 Å². The molecule has 156 valence electrons. The Hall–Kier alpha value is -2.63.